The van der Waals surface area contributed by atoms with E-state index in [1.54, 1.807) is 0 Å². The van der Waals surface area contributed by atoms with Gasteiger partial charge in [-0.15, -0.1) is 0 Å². The van der Waals surface area contributed by atoms with Gasteiger partial charge in [-0.2, -0.15) is 0 Å². The lowest BCUT2D eigenvalue weighted by Crippen LogP contribution is -2.67. The molecule has 0 bridgehead atoms. The predicted molar refractivity (Wildman–Crippen MR) is 211 cm³/mol. The summed E-state index contributed by atoms with van der Waals surface area (Å²) in [7, 11) is 0. The third-order valence-corrected chi connectivity index (χ3v) is 9.56. The van der Waals surface area contributed by atoms with E-state index in [2.05, 4.69) is 31.9 Å². The Kier molecular flexibility index (Phi) is 24.8. The highest BCUT2D eigenvalue weighted by Gasteiger charge is 2.49. The topological polar surface area (TPSA) is 462 Å². The second-order valence-electron chi connectivity index (χ2n) is 14.8. The lowest BCUT2D eigenvalue weighted by atomic mass is 9.96. The van der Waals surface area contributed by atoms with Gasteiger partial charge >= 0.3 is 17.9 Å². The van der Waals surface area contributed by atoms with Crippen LogP contribution >= 0.6 is 0 Å². The van der Waals surface area contributed by atoms with Gasteiger partial charge in [0.2, 0.25) is 35.4 Å². The molecule has 0 radical (unpaired) electrons. The van der Waals surface area contributed by atoms with Gasteiger partial charge in [-0.1, -0.05) is 0 Å². The van der Waals surface area contributed by atoms with E-state index in [0.717, 1.165) is 27.7 Å². The molecule has 1 heterocycles. The van der Waals surface area contributed by atoms with E-state index in [1.165, 1.54) is 0 Å². The number of amides is 6. The second-order valence-corrected chi connectivity index (χ2v) is 14.8. The molecule has 366 valence electrons. The molecule has 1 saturated heterocycles. The Hall–Kier alpha value is -5.17. The number of hydrogen-bond donors (Lipinski definition) is 16. The van der Waals surface area contributed by atoms with Crippen LogP contribution in [0.3, 0.4) is 0 Å². The van der Waals surface area contributed by atoms with Crippen molar-refractivity contribution in [2.45, 2.75) is 145 Å². The molecule has 1 aliphatic rings. The quantitative estimate of drug-likeness (QED) is 0.0331. The summed E-state index contributed by atoms with van der Waals surface area (Å²) in [6.07, 6.45) is -15.8. The number of carbonyl (C=O) groups excluding carboxylic acids is 6. The molecule has 64 heavy (non-hydrogen) atoms. The Morgan fingerprint density at radius 2 is 1.38 bits per heavy atom. The highest BCUT2D eigenvalue weighted by atomic mass is 16.7. The molecule has 1 aliphatic heterocycles. The number of ether oxygens (including phenoxy) is 3. The van der Waals surface area contributed by atoms with E-state index in [-0.39, 0.29) is 19.3 Å². The molecule has 0 saturated carbocycles. The maximum absolute atomic E-state index is 13.4. The minimum absolute atomic E-state index is 0.00922. The lowest BCUT2D eigenvalue weighted by molar-refractivity contribution is -0.303. The first-order valence-electron chi connectivity index (χ1n) is 19.9. The predicted octanol–water partition coefficient (Wildman–Crippen LogP) is -7.94. The number of carbonyl (C=O) groups is 9. The van der Waals surface area contributed by atoms with Crippen LogP contribution in [0.15, 0.2) is 0 Å². The van der Waals surface area contributed by atoms with Crippen molar-refractivity contribution in [3.8, 4) is 0 Å². The van der Waals surface area contributed by atoms with Crippen LogP contribution in [-0.4, -0.2) is 211 Å². The van der Waals surface area contributed by atoms with Gasteiger partial charge in [-0.3, -0.25) is 38.4 Å². The minimum atomic E-state index is -1.98. The van der Waals surface area contributed by atoms with Crippen molar-refractivity contribution in [2.75, 3.05) is 26.4 Å². The lowest BCUT2D eigenvalue weighted by Gasteiger charge is -2.45. The first-order chi connectivity index (χ1) is 29.9. The molecule has 14 unspecified atom stereocenters. The third kappa shape index (κ3) is 18.9. The van der Waals surface area contributed by atoms with Crippen LogP contribution in [0, 0.1) is 0 Å². The Labute approximate surface area is 365 Å². The van der Waals surface area contributed by atoms with Gasteiger partial charge in [0.15, 0.2) is 6.29 Å². The summed E-state index contributed by atoms with van der Waals surface area (Å²) in [5.74, 6) is -9.87. The molecule has 14 atom stereocenters. The average Bonchev–Trinajstić information content (AvgIpc) is 3.22. The molecular weight excluding hydrogens is 866 g/mol. The standard InChI is InChI=1S/C36H61N7O21/c1-14(31(55)43-20(35(60)61)8-9-24(50)42-19(33(57)38-10-25(51)52)7-5-6-18(37)34(58)59)39-32(56)15(2)62-29(21(11-44)40-16(3)47)30(22(49)12-45)64-36-26(41-17(4)48)28(54)27(53)23(13-46)63-36/h14-15,18-23,26-30,36,44-46,49,53-54H,5-13,37H2,1-4H3,(H,38,57)(H,39,56)(H,40,47)(H,41,48)(H,42,50)(H,43,55)(H,51,52)(H,58,59)(H,60,61). The van der Waals surface area contributed by atoms with Crippen molar-refractivity contribution in [2.24, 2.45) is 5.73 Å². The summed E-state index contributed by atoms with van der Waals surface area (Å²) in [4.78, 5) is 110. The van der Waals surface area contributed by atoms with Gasteiger partial charge in [0.1, 0.15) is 79.5 Å². The number of nitrogens with two attached hydrogens (primary N) is 1. The van der Waals surface area contributed by atoms with Crippen LogP contribution in [0.1, 0.15) is 59.8 Å². The Morgan fingerprint density at radius 3 is 1.89 bits per heavy atom. The first kappa shape index (κ1) is 56.8. The molecule has 1 fully saturated rings. The molecule has 0 aromatic heterocycles. The number of aliphatic carboxylic acids is 3. The first-order valence-corrected chi connectivity index (χ1v) is 19.9. The number of aliphatic hydroxyl groups is 6. The molecule has 0 aromatic rings. The van der Waals surface area contributed by atoms with Crippen molar-refractivity contribution in [1.29, 1.82) is 0 Å². The summed E-state index contributed by atoms with van der Waals surface area (Å²) in [6, 6.07) is -9.05. The molecule has 28 heteroatoms. The summed E-state index contributed by atoms with van der Waals surface area (Å²) in [5.41, 5.74) is 5.46. The van der Waals surface area contributed by atoms with Crippen LogP contribution < -0.4 is 37.6 Å². The van der Waals surface area contributed by atoms with Crippen molar-refractivity contribution < 1.29 is 103 Å². The molecule has 1 rings (SSSR count). The van der Waals surface area contributed by atoms with Crippen molar-refractivity contribution in [1.82, 2.24) is 31.9 Å². The molecule has 6 amide bonds. The fraction of sp³-hybridized carbons (Fsp3) is 0.750. The maximum atomic E-state index is 13.4. The molecule has 28 nitrogen and oxygen atoms in total. The number of nitrogens with one attached hydrogen (secondary N) is 6. The Bertz CT molecular complexity index is 1610. The molecule has 0 spiro atoms. The normalized spacial score (nSPS) is 22.6. The second kappa shape index (κ2) is 27.9. The zero-order valence-electron chi connectivity index (χ0n) is 35.4. The van der Waals surface area contributed by atoms with Gasteiger partial charge in [-0.05, 0) is 39.5 Å². The average molecular weight is 928 g/mol. The van der Waals surface area contributed by atoms with E-state index in [4.69, 9.17) is 30.2 Å². The van der Waals surface area contributed by atoms with Gasteiger partial charge in [0.25, 0.3) is 0 Å². The monoisotopic (exact) mass is 927 g/mol. The van der Waals surface area contributed by atoms with Gasteiger partial charge in [0.05, 0.1) is 25.9 Å². The molecule has 17 N–H and O–H groups in total. The van der Waals surface area contributed by atoms with Crippen molar-refractivity contribution in [3.63, 3.8) is 0 Å². The largest absolute Gasteiger partial charge is 0.480 e. The summed E-state index contributed by atoms with van der Waals surface area (Å²) < 4.78 is 17.3. The van der Waals surface area contributed by atoms with E-state index >= 15 is 0 Å². The number of carboxylic acids is 3. The van der Waals surface area contributed by atoms with Crippen molar-refractivity contribution in [3.05, 3.63) is 0 Å². The fourth-order valence-corrected chi connectivity index (χ4v) is 6.14. The van der Waals surface area contributed by atoms with Crippen LogP contribution in [0.4, 0.5) is 0 Å². The molecular formula is C36H61N7O21. The van der Waals surface area contributed by atoms with Crippen LogP contribution in [0.25, 0.3) is 0 Å². The third-order valence-electron chi connectivity index (χ3n) is 9.56. The number of hydrogen-bond acceptors (Lipinski definition) is 19. The van der Waals surface area contributed by atoms with Crippen LogP contribution in [0.2, 0.25) is 0 Å². The summed E-state index contributed by atoms with van der Waals surface area (Å²) >= 11 is 0. The number of rotatable bonds is 29. The molecule has 0 aliphatic carbocycles. The maximum Gasteiger partial charge on any atom is 0.326 e. The van der Waals surface area contributed by atoms with E-state index in [9.17, 15) is 78.9 Å². The molecule has 0 aromatic carbocycles. The Morgan fingerprint density at radius 1 is 0.734 bits per heavy atom. The smallest absolute Gasteiger partial charge is 0.326 e. The van der Waals surface area contributed by atoms with Gasteiger partial charge in [-0.25, -0.2) is 4.79 Å². The van der Waals surface area contributed by atoms with Crippen molar-refractivity contribution >= 4 is 53.4 Å². The SMILES string of the molecule is CC(=O)NC(CO)C(OC(C)C(=O)NC(C)C(=O)NC(CCC(=O)NC(CCCC(N)C(=O)O)C(=O)NCC(=O)O)C(=O)O)C(OC1OC(CO)C(O)C(O)C1NC(C)=O)C(O)CO. The summed E-state index contributed by atoms with van der Waals surface area (Å²) in [5, 5.41) is 103. The van der Waals surface area contributed by atoms with Gasteiger partial charge < -0.3 is 97.8 Å². The highest BCUT2D eigenvalue weighted by molar-refractivity contribution is 5.92. The van der Waals surface area contributed by atoms with Crippen LogP contribution in [-0.2, 0) is 57.4 Å². The van der Waals surface area contributed by atoms with E-state index < -0.39 is 178 Å². The van der Waals surface area contributed by atoms with E-state index in [0.29, 0.717) is 0 Å². The minimum Gasteiger partial charge on any atom is -0.480 e. The zero-order valence-corrected chi connectivity index (χ0v) is 35.4. The zero-order chi connectivity index (χ0) is 49.0. The summed E-state index contributed by atoms with van der Waals surface area (Å²) in [6.45, 7) is 0.607. The van der Waals surface area contributed by atoms with Crippen LogP contribution in [0.5, 0.6) is 0 Å². The number of aliphatic hydroxyl groups excluding tert-OH is 6. The van der Waals surface area contributed by atoms with E-state index in [1.807, 2.05) is 0 Å². The highest BCUT2D eigenvalue weighted by Crippen LogP contribution is 2.27. The Balaban J connectivity index is 3.19. The number of carboxylic acid groups (broad SMARTS) is 3. The van der Waals surface area contributed by atoms with Gasteiger partial charge in [0, 0.05) is 20.3 Å². The fourth-order valence-electron chi connectivity index (χ4n) is 6.14.